The van der Waals surface area contributed by atoms with E-state index in [0.717, 1.165) is 0 Å². The number of para-hydroxylation sites is 1. The number of rotatable bonds is 3. The van der Waals surface area contributed by atoms with Gasteiger partial charge in [0.15, 0.2) is 0 Å². The van der Waals surface area contributed by atoms with Crippen LogP contribution in [0.3, 0.4) is 0 Å². The van der Waals surface area contributed by atoms with Crippen LogP contribution >= 0.6 is 0 Å². The summed E-state index contributed by atoms with van der Waals surface area (Å²) in [7, 11) is 0. The Bertz CT molecular complexity index is 557. The van der Waals surface area contributed by atoms with Crippen molar-refractivity contribution in [3.8, 4) is 11.1 Å². The first-order valence-electron chi connectivity index (χ1n) is 7.01. The lowest BCUT2D eigenvalue weighted by molar-refractivity contribution is 0.674. The monoisotopic (exact) mass is 249 g/mol. The molecular weight excluding hydrogens is 230 g/mol. The van der Waals surface area contributed by atoms with Gasteiger partial charge in [0.1, 0.15) is 0 Å². The van der Waals surface area contributed by atoms with E-state index in [9.17, 15) is 0 Å². The van der Waals surface area contributed by atoms with Crippen molar-refractivity contribution in [1.82, 2.24) is 0 Å². The van der Waals surface area contributed by atoms with Crippen molar-refractivity contribution < 1.29 is 0 Å². The zero-order valence-corrected chi connectivity index (χ0v) is 11.0. The molecule has 0 saturated heterocycles. The Balaban J connectivity index is 1.89. The molecule has 0 bridgehead atoms. The van der Waals surface area contributed by atoms with Crippen LogP contribution in [-0.2, 0) is 0 Å². The molecule has 2 aromatic carbocycles. The van der Waals surface area contributed by atoms with Crippen LogP contribution in [0.2, 0.25) is 0 Å². The number of nitrogens with one attached hydrogen (secondary N) is 1. The fourth-order valence-electron chi connectivity index (χ4n) is 2.61. The molecule has 19 heavy (non-hydrogen) atoms. The number of hydrogen-bond acceptors (Lipinski definition) is 1. The molecule has 0 spiro atoms. The van der Waals surface area contributed by atoms with Gasteiger partial charge in [-0.2, -0.15) is 0 Å². The van der Waals surface area contributed by atoms with E-state index in [2.05, 4.69) is 72.1 Å². The molecule has 0 heterocycles. The molecule has 96 valence electrons. The molecule has 1 nitrogen and oxygen atoms in total. The summed E-state index contributed by atoms with van der Waals surface area (Å²) in [5.74, 6) is 0. The molecule has 1 atom stereocenters. The summed E-state index contributed by atoms with van der Waals surface area (Å²) in [6.45, 7) is 0. The van der Waals surface area contributed by atoms with Gasteiger partial charge in [0.25, 0.3) is 0 Å². The summed E-state index contributed by atoms with van der Waals surface area (Å²) >= 11 is 0. The van der Waals surface area contributed by atoms with E-state index in [4.69, 9.17) is 0 Å². The standard InChI is InChI=1S/C18H19N/c1-3-9-15(10-4-1)17-13-7-8-14-18(17)19-16-11-5-2-6-12-16/h1,3-5,7-11,13-14,16,19H,2,6,12H2. The van der Waals surface area contributed by atoms with Crippen molar-refractivity contribution in [3.63, 3.8) is 0 Å². The highest BCUT2D eigenvalue weighted by Crippen LogP contribution is 2.29. The van der Waals surface area contributed by atoms with Gasteiger partial charge in [-0.1, -0.05) is 60.7 Å². The van der Waals surface area contributed by atoms with Gasteiger partial charge in [0.2, 0.25) is 0 Å². The predicted molar refractivity (Wildman–Crippen MR) is 82.3 cm³/mol. The Hall–Kier alpha value is -2.02. The van der Waals surface area contributed by atoms with Crippen LogP contribution < -0.4 is 5.32 Å². The van der Waals surface area contributed by atoms with Crippen LogP contribution in [0.25, 0.3) is 11.1 Å². The predicted octanol–water partition coefficient (Wildman–Crippen LogP) is 4.87. The van der Waals surface area contributed by atoms with Crippen molar-refractivity contribution in [2.24, 2.45) is 0 Å². The molecule has 0 aromatic heterocycles. The third-order valence-electron chi connectivity index (χ3n) is 3.61. The summed E-state index contributed by atoms with van der Waals surface area (Å²) in [4.78, 5) is 0. The fraction of sp³-hybridized carbons (Fsp3) is 0.222. The molecule has 1 aliphatic rings. The fourth-order valence-corrected chi connectivity index (χ4v) is 2.61. The van der Waals surface area contributed by atoms with Crippen molar-refractivity contribution in [3.05, 3.63) is 66.7 Å². The number of allylic oxidation sites excluding steroid dienone is 1. The van der Waals surface area contributed by atoms with Crippen LogP contribution in [0.1, 0.15) is 19.3 Å². The SMILES string of the molecule is C1=CC(Nc2ccccc2-c2ccccc2)CCC1. The van der Waals surface area contributed by atoms with Crippen LogP contribution in [0.15, 0.2) is 66.7 Å². The van der Waals surface area contributed by atoms with E-state index in [1.807, 2.05) is 0 Å². The first-order valence-corrected chi connectivity index (χ1v) is 7.01. The summed E-state index contributed by atoms with van der Waals surface area (Å²) in [5.41, 5.74) is 3.78. The zero-order valence-electron chi connectivity index (χ0n) is 11.0. The molecule has 1 aliphatic carbocycles. The number of benzene rings is 2. The lowest BCUT2D eigenvalue weighted by Crippen LogP contribution is -2.18. The van der Waals surface area contributed by atoms with Gasteiger partial charge in [-0.25, -0.2) is 0 Å². The third kappa shape index (κ3) is 2.87. The molecule has 0 saturated carbocycles. The van der Waals surface area contributed by atoms with E-state index in [1.54, 1.807) is 0 Å². The summed E-state index contributed by atoms with van der Waals surface area (Å²) < 4.78 is 0. The molecule has 0 radical (unpaired) electrons. The summed E-state index contributed by atoms with van der Waals surface area (Å²) in [6.07, 6.45) is 8.30. The summed E-state index contributed by atoms with van der Waals surface area (Å²) in [5, 5.41) is 3.66. The molecule has 3 rings (SSSR count). The first-order chi connectivity index (χ1) is 9.43. The number of anilines is 1. The highest BCUT2D eigenvalue weighted by atomic mass is 14.9. The van der Waals surface area contributed by atoms with Crippen LogP contribution in [0, 0.1) is 0 Å². The van der Waals surface area contributed by atoms with Gasteiger partial charge in [-0.15, -0.1) is 0 Å². The van der Waals surface area contributed by atoms with Gasteiger partial charge in [0, 0.05) is 17.3 Å². The Morgan fingerprint density at radius 2 is 1.68 bits per heavy atom. The van der Waals surface area contributed by atoms with Gasteiger partial charge >= 0.3 is 0 Å². The highest BCUT2D eigenvalue weighted by molar-refractivity contribution is 5.78. The minimum Gasteiger partial charge on any atom is -0.378 e. The highest BCUT2D eigenvalue weighted by Gasteiger charge is 2.10. The average Bonchev–Trinajstić information content (AvgIpc) is 2.50. The minimum atomic E-state index is 0.471. The largest absolute Gasteiger partial charge is 0.378 e. The van der Waals surface area contributed by atoms with Gasteiger partial charge in [-0.3, -0.25) is 0 Å². The van der Waals surface area contributed by atoms with E-state index in [0.29, 0.717) is 6.04 Å². The number of hydrogen-bond donors (Lipinski definition) is 1. The second-order valence-electron chi connectivity index (χ2n) is 5.02. The average molecular weight is 249 g/mol. The summed E-state index contributed by atoms with van der Waals surface area (Å²) in [6, 6.07) is 19.6. The Morgan fingerprint density at radius 1 is 0.895 bits per heavy atom. The second kappa shape index (κ2) is 5.75. The smallest absolute Gasteiger partial charge is 0.0444 e. The normalized spacial score (nSPS) is 18.2. The molecule has 0 amide bonds. The van der Waals surface area contributed by atoms with Gasteiger partial charge in [-0.05, 0) is 30.9 Å². The van der Waals surface area contributed by atoms with Gasteiger partial charge in [0.05, 0.1) is 0 Å². The van der Waals surface area contributed by atoms with Crippen molar-refractivity contribution >= 4 is 5.69 Å². The molecule has 1 unspecified atom stereocenters. The molecule has 0 aliphatic heterocycles. The van der Waals surface area contributed by atoms with E-state index in [1.165, 1.54) is 36.1 Å². The molecule has 1 N–H and O–H groups in total. The van der Waals surface area contributed by atoms with E-state index in [-0.39, 0.29) is 0 Å². The first kappa shape index (κ1) is 12.0. The van der Waals surface area contributed by atoms with Crippen LogP contribution in [0.5, 0.6) is 0 Å². The van der Waals surface area contributed by atoms with Crippen LogP contribution in [0.4, 0.5) is 5.69 Å². The zero-order chi connectivity index (χ0) is 12.9. The maximum absolute atomic E-state index is 3.66. The Morgan fingerprint density at radius 3 is 2.47 bits per heavy atom. The van der Waals surface area contributed by atoms with Crippen molar-refractivity contribution in [1.29, 1.82) is 0 Å². The molecule has 1 heteroatoms. The topological polar surface area (TPSA) is 12.0 Å². The lowest BCUT2D eigenvalue weighted by atomic mass is 10.00. The van der Waals surface area contributed by atoms with E-state index >= 15 is 0 Å². The molecule has 2 aromatic rings. The second-order valence-corrected chi connectivity index (χ2v) is 5.02. The van der Waals surface area contributed by atoms with E-state index < -0.39 is 0 Å². The van der Waals surface area contributed by atoms with Crippen molar-refractivity contribution in [2.45, 2.75) is 25.3 Å². The Labute approximate surface area is 115 Å². The third-order valence-corrected chi connectivity index (χ3v) is 3.61. The lowest BCUT2D eigenvalue weighted by Gasteiger charge is -2.21. The quantitative estimate of drug-likeness (QED) is 0.765. The van der Waals surface area contributed by atoms with Crippen LogP contribution in [-0.4, -0.2) is 6.04 Å². The molecule has 0 fully saturated rings. The minimum absolute atomic E-state index is 0.471. The van der Waals surface area contributed by atoms with Gasteiger partial charge < -0.3 is 5.32 Å². The van der Waals surface area contributed by atoms with Crippen molar-refractivity contribution in [2.75, 3.05) is 5.32 Å². The maximum Gasteiger partial charge on any atom is 0.0444 e. The maximum atomic E-state index is 3.66. The molecular formula is C18H19N. The Kier molecular flexibility index (Phi) is 3.64.